The average molecular weight is 547 g/mol. The number of carbonyl (C=O) groups is 1. The number of aromatic nitrogens is 1. The number of hydrogen-bond acceptors (Lipinski definition) is 8. The summed E-state index contributed by atoms with van der Waals surface area (Å²) in [6.45, 7) is 7.74. The van der Waals surface area contributed by atoms with E-state index >= 15 is 0 Å². The molecule has 0 saturated heterocycles. The van der Waals surface area contributed by atoms with Crippen LogP contribution >= 0.6 is 0 Å². The molecule has 0 aliphatic carbocycles. The molecule has 1 N–H and O–H groups in total. The van der Waals surface area contributed by atoms with Crippen LogP contribution in [-0.2, 0) is 6.61 Å². The van der Waals surface area contributed by atoms with E-state index < -0.39 is 10.8 Å². The third-order valence-corrected chi connectivity index (χ3v) is 5.84. The third kappa shape index (κ3) is 6.49. The minimum absolute atomic E-state index is 0.0241. The van der Waals surface area contributed by atoms with Crippen molar-refractivity contribution in [3.05, 3.63) is 99.2 Å². The molecule has 2 aromatic carbocycles. The van der Waals surface area contributed by atoms with E-state index in [0.29, 0.717) is 17.1 Å². The van der Waals surface area contributed by atoms with Crippen molar-refractivity contribution in [3.8, 4) is 22.9 Å². The molecule has 0 saturated carbocycles. The minimum atomic E-state index is -0.592. The molecule has 0 atom stereocenters. The smallest absolute Gasteiger partial charge is 0.315 e. The van der Waals surface area contributed by atoms with E-state index in [1.165, 1.54) is 31.5 Å². The monoisotopic (exact) mass is 546 g/mol. The molecule has 1 amide bonds. The van der Waals surface area contributed by atoms with Gasteiger partial charge in [0.2, 0.25) is 5.75 Å². The maximum atomic E-state index is 12.5. The van der Waals surface area contributed by atoms with Gasteiger partial charge in [-0.05, 0) is 82.3 Å². The second-order valence-corrected chi connectivity index (χ2v) is 9.19. The standard InChI is InChI=1S/C29H30N4O7/c1-18(2)39-28-25(33(35)36)14-21(15-27(28)37-5)16-30-31-29(34)26-13-12-24(40-26)17-38-23-10-8-22(9-11-23)32-19(3)6-7-20(32)4/h6-16,18H,17H2,1-5H3,(H,31,34)/b30-16+. The first-order valence-electron chi connectivity index (χ1n) is 12.5. The van der Waals surface area contributed by atoms with Gasteiger partial charge < -0.3 is 23.2 Å². The highest BCUT2D eigenvalue weighted by atomic mass is 16.6. The molecule has 0 bridgehead atoms. The summed E-state index contributed by atoms with van der Waals surface area (Å²) in [6, 6.07) is 17.8. The van der Waals surface area contributed by atoms with Crippen molar-refractivity contribution in [3.63, 3.8) is 0 Å². The highest BCUT2D eigenvalue weighted by Gasteiger charge is 2.23. The molecule has 4 rings (SSSR count). The zero-order valence-electron chi connectivity index (χ0n) is 22.8. The highest BCUT2D eigenvalue weighted by molar-refractivity contribution is 5.92. The zero-order chi connectivity index (χ0) is 28.8. The van der Waals surface area contributed by atoms with Crippen LogP contribution in [0, 0.1) is 24.0 Å². The van der Waals surface area contributed by atoms with Crippen LogP contribution in [0.1, 0.15) is 47.1 Å². The number of methoxy groups -OCH3 is 1. The van der Waals surface area contributed by atoms with Crippen molar-refractivity contribution < 1.29 is 28.3 Å². The number of carbonyl (C=O) groups excluding carboxylic acids is 1. The maximum Gasteiger partial charge on any atom is 0.315 e. The fourth-order valence-corrected chi connectivity index (χ4v) is 4.04. The summed E-state index contributed by atoms with van der Waals surface area (Å²) in [4.78, 5) is 23.5. The van der Waals surface area contributed by atoms with Gasteiger partial charge in [-0.1, -0.05) is 0 Å². The second kappa shape index (κ2) is 12.2. The molecule has 4 aromatic rings. The number of nitro groups is 1. The summed E-state index contributed by atoms with van der Waals surface area (Å²) in [5.74, 6) is 0.760. The van der Waals surface area contributed by atoms with Gasteiger partial charge in [0.15, 0.2) is 11.5 Å². The SMILES string of the molecule is COc1cc(/C=N/NC(=O)c2ccc(COc3ccc(-n4c(C)ccc4C)cc3)o2)cc([N+](=O)[O-])c1OC(C)C. The molecule has 0 radical (unpaired) electrons. The van der Waals surface area contributed by atoms with Gasteiger partial charge in [0.25, 0.3) is 0 Å². The van der Waals surface area contributed by atoms with E-state index in [2.05, 4.69) is 41.1 Å². The van der Waals surface area contributed by atoms with Crippen molar-refractivity contribution in [2.45, 2.75) is 40.4 Å². The van der Waals surface area contributed by atoms with Gasteiger partial charge in [0, 0.05) is 28.7 Å². The summed E-state index contributed by atoms with van der Waals surface area (Å²) in [7, 11) is 1.38. The third-order valence-electron chi connectivity index (χ3n) is 5.84. The Morgan fingerprint density at radius 1 is 1.10 bits per heavy atom. The molecular weight excluding hydrogens is 516 g/mol. The van der Waals surface area contributed by atoms with Gasteiger partial charge in [-0.15, -0.1) is 0 Å². The largest absolute Gasteiger partial charge is 0.493 e. The van der Waals surface area contributed by atoms with E-state index in [4.69, 9.17) is 18.6 Å². The number of nitro benzene ring substituents is 1. The fourth-order valence-electron chi connectivity index (χ4n) is 4.04. The summed E-state index contributed by atoms with van der Waals surface area (Å²) in [5.41, 5.74) is 5.74. The summed E-state index contributed by atoms with van der Waals surface area (Å²) >= 11 is 0. The predicted octanol–water partition coefficient (Wildman–Crippen LogP) is 5.73. The average Bonchev–Trinajstić information content (AvgIpc) is 3.54. The molecule has 2 aromatic heterocycles. The van der Waals surface area contributed by atoms with Crippen LogP contribution < -0.4 is 19.6 Å². The van der Waals surface area contributed by atoms with Crippen LogP contribution in [0.3, 0.4) is 0 Å². The van der Waals surface area contributed by atoms with Crippen LogP contribution in [0.4, 0.5) is 5.69 Å². The van der Waals surface area contributed by atoms with Gasteiger partial charge in [-0.25, -0.2) is 5.43 Å². The van der Waals surface area contributed by atoms with Crippen molar-refractivity contribution >= 4 is 17.8 Å². The number of hydrazone groups is 1. The van der Waals surface area contributed by atoms with Crippen molar-refractivity contribution in [2.24, 2.45) is 5.10 Å². The highest BCUT2D eigenvalue weighted by Crippen LogP contribution is 2.38. The number of aryl methyl sites for hydroxylation is 2. The van der Waals surface area contributed by atoms with Crippen molar-refractivity contribution in [1.82, 2.24) is 9.99 Å². The fraction of sp³-hybridized carbons (Fsp3) is 0.241. The molecule has 208 valence electrons. The first-order valence-corrected chi connectivity index (χ1v) is 12.5. The normalized spacial score (nSPS) is 11.2. The van der Waals surface area contributed by atoms with Gasteiger partial charge >= 0.3 is 11.6 Å². The molecule has 2 heterocycles. The summed E-state index contributed by atoms with van der Waals surface area (Å²) in [6.07, 6.45) is 0.971. The van der Waals surface area contributed by atoms with E-state index in [0.717, 1.165) is 17.1 Å². The van der Waals surface area contributed by atoms with Gasteiger partial charge in [-0.2, -0.15) is 5.10 Å². The molecule has 40 heavy (non-hydrogen) atoms. The Balaban J connectivity index is 1.36. The lowest BCUT2D eigenvalue weighted by atomic mass is 10.2. The number of rotatable bonds is 11. The summed E-state index contributed by atoms with van der Waals surface area (Å²) < 4.78 is 24.4. The molecule has 11 nitrogen and oxygen atoms in total. The Hall–Kier alpha value is -5.06. The second-order valence-electron chi connectivity index (χ2n) is 9.19. The van der Waals surface area contributed by atoms with E-state index in [1.54, 1.807) is 19.9 Å². The van der Waals surface area contributed by atoms with Gasteiger partial charge in [-0.3, -0.25) is 14.9 Å². The van der Waals surface area contributed by atoms with E-state index in [-0.39, 0.29) is 35.7 Å². The first kappa shape index (κ1) is 28.0. The quantitative estimate of drug-likeness (QED) is 0.144. The van der Waals surface area contributed by atoms with Gasteiger partial charge in [0.1, 0.15) is 18.1 Å². The van der Waals surface area contributed by atoms with Crippen LogP contribution in [0.2, 0.25) is 0 Å². The zero-order valence-corrected chi connectivity index (χ0v) is 22.8. The van der Waals surface area contributed by atoms with Crippen LogP contribution in [0.15, 0.2) is 70.2 Å². The lowest BCUT2D eigenvalue weighted by Gasteiger charge is -2.14. The lowest BCUT2D eigenvalue weighted by Crippen LogP contribution is -2.16. The topological polar surface area (TPSA) is 130 Å². The summed E-state index contributed by atoms with van der Waals surface area (Å²) in [5, 5.41) is 15.4. The molecule has 0 unspecified atom stereocenters. The number of ether oxygens (including phenoxy) is 3. The first-order chi connectivity index (χ1) is 19.2. The molecule has 0 aliphatic rings. The van der Waals surface area contributed by atoms with Gasteiger partial charge in [0.05, 0.1) is 24.4 Å². The molecule has 0 fully saturated rings. The Morgan fingerprint density at radius 3 is 2.42 bits per heavy atom. The number of nitrogens with one attached hydrogen (secondary N) is 1. The van der Waals surface area contributed by atoms with Crippen LogP contribution in [-0.4, -0.2) is 34.8 Å². The molecule has 11 heteroatoms. The predicted molar refractivity (Wildman–Crippen MR) is 149 cm³/mol. The number of nitrogens with zero attached hydrogens (tertiary/aromatic N) is 3. The van der Waals surface area contributed by atoms with Crippen LogP contribution in [0.25, 0.3) is 5.69 Å². The Labute approximate surface area is 231 Å². The number of furan rings is 1. The lowest BCUT2D eigenvalue weighted by molar-refractivity contribution is -0.386. The van der Waals surface area contributed by atoms with E-state index in [9.17, 15) is 14.9 Å². The Bertz CT molecular complexity index is 1510. The molecule has 0 spiro atoms. The Kier molecular flexibility index (Phi) is 8.53. The molecule has 0 aliphatic heterocycles. The van der Waals surface area contributed by atoms with Crippen LogP contribution in [0.5, 0.6) is 17.2 Å². The Morgan fingerprint density at radius 2 is 1.80 bits per heavy atom. The van der Waals surface area contributed by atoms with Crippen molar-refractivity contribution in [1.29, 1.82) is 0 Å². The molecular formula is C29H30N4O7. The number of benzene rings is 2. The van der Waals surface area contributed by atoms with E-state index in [1.807, 2.05) is 24.3 Å². The number of hydrogen-bond donors (Lipinski definition) is 1. The minimum Gasteiger partial charge on any atom is -0.493 e. The van der Waals surface area contributed by atoms with Crippen molar-refractivity contribution in [2.75, 3.05) is 7.11 Å². The maximum absolute atomic E-state index is 12.5. The number of amides is 1.